The normalized spacial score (nSPS) is 11.9. The van der Waals surface area contributed by atoms with Gasteiger partial charge in [-0.2, -0.15) is 0 Å². The minimum absolute atomic E-state index is 0.127. The average molecular weight is 286 g/mol. The molecule has 0 bridgehead atoms. The molecule has 0 saturated heterocycles. The number of hydrogen-bond donors (Lipinski definition) is 2. The first-order valence-electron chi connectivity index (χ1n) is 5.93. The van der Waals surface area contributed by atoms with Gasteiger partial charge in [-0.05, 0) is 12.5 Å². The van der Waals surface area contributed by atoms with Gasteiger partial charge in [0.2, 0.25) is 5.91 Å². The van der Waals surface area contributed by atoms with E-state index in [1.54, 1.807) is 0 Å². The molecule has 19 heavy (non-hydrogen) atoms. The van der Waals surface area contributed by atoms with E-state index < -0.39 is 4.92 Å². The zero-order chi connectivity index (χ0) is 14.4. The molecule has 0 aliphatic rings. The number of nitrogens with zero attached hydrogens (tertiary/aromatic N) is 1. The predicted molar refractivity (Wildman–Crippen MR) is 74.2 cm³/mol. The fourth-order valence-corrected chi connectivity index (χ4v) is 1.80. The van der Waals surface area contributed by atoms with E-state index in [1.807, 2.05) is 6.92 Å². The Morgan fingerprint density at radius 2 is 2.26 bits per heavy atom. The van der Waals surface area contributed by atoms with Crippen molar-refractivity contribution >= 4 is 28.9 Å². The number of anilines is 1. The van der Waals surface area contributed by atoms with E-state index in [2.05, 4.69) is 5.32 Å². The summed E-state index contributed by atoms with van der Waals surface area (Å²) in [5, 5.41) is 13.4. The molecule has 0 aromatic heterocycles. The Bertz CT molecular complexity index is 479. The molecule has 6 nitrogen and oxygen atoms in total. The Balaban J connectivity index is 2.73. The summed E-state index contributed by atoms with van der Waals surface area (Å²) in [4.78, 5) is 21.8. The Morgan fingerprint density at radius 1 is 1.58 bits per heavy atom. The number of non-ortho nitro benzene ring substituents is 1. The molecule has 1 aromatic rings. The fraction of sp³-hybridized carbons (Fsp3) is 0.417. The van der Waals surface area contributed by atoms with Crippen molar-refractivity contribution in [3.05, 3.63) is 33.3 Å². The number of amides is 1. The van der Waals surface area contributed by atoms with Crippen molar-refractivity contribution in [1.29, 1.82) is 0 Å². The maximum Gasteiger partial charge on any atom is 0.271 e. The van der Waals surface area contributed by atoms with Gasteiger partial charge in [-0.3, -0.25) is 14.9 Å². The third-order valence-corrected chi connectivity index (χ3v) is 2.87. The Morgan fingerprint density at radius 3 is 2.84 bits per heavy atom. The lowest BCUT2D eigenvalue weighted by Crippen LogP contribution is -2.26. The quantitative estimate of drug-likeness (QED) is 0.620. The van der Waals surface area contributed by atoms with Crippen molar-refractivity contribution < 1.29 is 9.72 Å². The Hall–Kier alpha value is -1.66. The molecule has 0 aliphatic carbocycles. The summed E-state index contributed by atoms with van der Waals surface area (Å²) in [5.74, 6) is -0.302. The van der Waals surface area contributed by atoms with Gasteiger partial charge in [0.1, 0.15) is 0 Å². The highest BCUT2D eigenvalue weighted by molar-refractivity contribution is 6.33. The van der Waals surface area contributed by atoms with E-state index in [9.17, 15) is 14.9 Å². The smallest absolute Gasteiger partial charge is 0.271 e. The minimum atomic E-state index is -0.547. The number of rotatable bonds is 6. The van der Waals surface area contributed by atoms with E-state index in [0.717, 1.165) is 12.8 Å². The Kier molecular flexibility index (Phi) is 5.72. The standard InChI is InChI=1S/C12H16ClN3O3/c1-2-3-8(14)6-12(17)15-11-7-9(16(18)19)4-5-10(11)13/h4-5,7-8H,2-3,6,14H2,1H3,(H,15,17). The van der Waals surface area contributed by atoms with Gasteiger partial charge in [0.25, 0.3) is 5.69 Å². The first-order chi connectivity index (χ1) is 8.93. The summed E-state index contributed by atoms with van der Waals surface area (Å²) in [6.45, 7) is 1.98. The number of nitrogens with two attached hydrogens (primary N) is 1. The highest BCUT2D eigenvalue weighted by atomic mass is 35.5. The fourth-order valence-electron chi connectivity index (χ4n) is 1.63. The Labute approximate surface area is 116 Å². The summed E-state index contributed by atoms with van der Waals surface area (Å²) in [7, 11) is 0. The average Bonchev–Trinajstić information content (AvgIpc) is 2.31. The van der Waals surface area contributed by atoms with Crippen LogP contribution in [0.4, 0.5) is 11.4 Å². The van der Waals surface area contributed by atoms with Crippen LogP contribution >= 0.6 is 11.6 Å². The highest BCUT2D eigenvalue weighted by Crippen LogP contribution is 2.26. The number of hydrogen-bond acceptors (Lipinski definition) is 4. The molecule has 0 spiro atoms. The molecule has 0 heterocycles. The van der Waals surface area contributed by atoms with Gasteiger partial charge in [0.15, 0.2) is 0 Å². The largest absolute Gasteiger partial charge is 0.327 e. The third-order valence-electron chi connectivity index (χ3n) is 2.54. The molecule has 1 unspecified atom stereocenters. The maximum atomic E-state index is 11.7. The highest BCUT2D eigenvalue weighted by Gasteiger charge is 2.14. The number of benzene rings is 1. The second-order valence-electron chi connectivity index (χ2n) is 4.22. The molecule has 7 heteroatoms. The molecule has 1 aromatic carbocycles. The van der Waals surface area contributed by atoms with E-state index in [-0.39, 0.29) is 34.8 Å². The minimum Gasteiger partial charge on any atom is -0.327 e. The monoisotopic (exact) mass is 285 g/mol. The first kappa shape index (κ1) is 15.4. The predicted octanol–water partition coefficient (Wildman–Crippen LogP) is 2.70. The molecule has 0 radical (unpaired) electrons. The van der Waals surface area contributed by atoms with Crippen molar-refractivity contribution in [2.24, 2.45) is 5.73 Å². The number of carbonyl (C=O) groups excluding carboxylic acids is 1. The topological polar surface area (TPSA) is 98.3 Å². The molecule has 3 N–H and O–H groups in total. The zero-order valence-electron chi connectivity index (χ0n) is 10.6. The molecule has 1 amide bonds. The van der Waals surface area contributed by atoms with Crippen LogP contribution in [-0.2, 0) is 4.79 Å². The summed E-state index contributed by atoms with van der Waals surface area (Å²) in [6.07, 6.45) is 1.80. The van der Waals surface area contributed by atoms with Gasteiger partial charge in [-0.1, -0.05) is 24.9 Å². The van der Waals surface area contributed by atoms with Crippen molar-refractivity contribution in [3.63, 3.8) is 0 Å². The van der Waals surface area contributed by atoms with Gasteiger partial charge < -0.3 is 11.1 Å². The molecule has 0 fully saturated rings. The van der Waals surface area contributed by atoms with Crippen LogP contribution < -0.4 is 11.1 Å². The number of nitrogens with one attached hydrogen (secondary N) is 1. The number of nitro benzene ring substituents is 1. The zero-order valence-corrected chi connectivity index (χ0v) is 11.3. The van der Waals surface area contributed by atoms with Gasteiger partial charge >= 0.3 is 0 Å². The van der Waals surface area contributed by atoms with E-state index in [0.29, 0.717) is 0 Å². The SMILES string of the molecule is CCCC(N)CC(=O)Nc1cc([N+](=O)[O-])ccc1Cl. The molecule has 0 saturated carbocycles. The summed E-state index contributed by atoms with van der Waals surface area (Å²) >= 11 is 5.87. The number of carbonyl (C=O) groups is 1. The lowest BCUT2D eigenvalue weighted by atomic mass is 10.1. The second kappa shape index (κ2) is 7.06. The van der Waals surface area contributed by atoms with Gasteiger partial charge in [0.05, 0.1) is 15.6 Å². The molecule has 1 rings (SSSR count). The third kappa shape index (κ3) is 4.84. The van der Waals surface area contributed by atoms with Crippen LogP contribution in [-0.4, -0.2) is 16.9 Å². The lowest BCUT2D eigenvalue weighted by molar-refractivity contribution is -0.384. The summed E-state index contributed by atoms with van der Waals surface area (Å²) in [6, 6.07) is 3.66. The van der Waals surface area contributed by atoms with Crippen LogP contribution in [0, 0.1) is 10.1 Å². The lowest BCUT2D eigenvalue weighted by Gasteiger charge is -2.11. The summed E-state index contributed by atoms with van der Waals surface area (Å²) in [5.41, 5.74) is 5.85. The number of halogens is 1. The van der Waals surface area contributed by atoms with Gasteiger partial charge in [-0.15, -0.1) is 0 Å². The van der Waals surface area contributed by atoms with Crippen molar-refractivity contribution in [2.45, 2.75) is 32.2 Å². The van der Waals surface area contributed by atoms with Gasteiger partial charge in [0, 0.05) is 24.6 Å². The van der Waals surface area contributed by atoms with Crippen LogP contribution in [0.1, 0.15) is 26.2 Å². The van der Waals surface area contributed by atoms with Crippen LogP contribution in [0.15, 0.2) is 18.2 Å². The van der Waals surface area contributed by atoms with E-state index in [4.69, 9.17) is 17.3 Å². The second-order valence-corrected chi connectivity index (χ2v) is 4.63. The molecule has 1 atom stereocenters. The molecular formula is C12H16ClN3O3. The summed E-state index contributed by atoms with van der Waals surface area (Å²) < 4.78 is 0. The van der Waals surface area contributed by atoms with Gasteiger partial charge in [-0.25, -0.2) is 0 Å². The van der Waals surface area contributed by atoms with E-state index in [1.165, 1.54) is 18.2 Å². The number of nitro groups is 1. The van der Waals surface area contributed by atoms with Crippen molar-refractivity contribution in [3.8, 4) is 0 Å². The first-order valence-corrected chi connectivity index (χ1v) is 6.31. The van der Waals surface area contributed by atoms with Crippen LogP contribution in [0.5, 0.6) is 0 Å². The van der Waals surface area contributed by atoms with Crippen LogP contribution in [0.25, 0.3) is 0 Å². The molecular weight excluding hydrogens is 270 g/mol. The van der Waals surface area contributed by atoms with Crippen molar-refractivity contribution in [1.82, 2.24) is 0 Å². The molecule has 104 valence electrons. The van der Waals surface area contributed by atoms with Crippen LogP contribution in [0.2, 0.25) is 5.02 Å². The van der Waals surface area contributed by atoms with E-state index >= 15 is 0 Å². The van der Waals surface area contributed by atoms with Crippen LogP contribution in [0.3, 0.4) is 0 Å². The maximum absolute atomic E-state index is 11.7. The van der Waals surface area contributed by atoms with Crippen molar-refractivity contribution in [2.75, 3.05) is 5.32 Å². The molecule has 0 aliphatic heterocycles.